The zero-order valence-corrected chi connectivity index (χ0v) is 10.6. The second-order valence-electron chi connectivity index (χ2n) is 4.36. The van der Waals surface area contributed by atoms with Crippen molar-refractivity contribution in [3.05, 3.63) is 28.3 Å². The van der Waals surface area contributed by atoms with E-state index in [0.717, 1.165) is 0 Å². The minimum absolute atomic E-state index is 0.0611. The molecule has 0 amide bonds. The molecule has 0 spiro atoms. The molecule has 0 unspecified atom stereocenters. The number of non-ortho nitro benzene ring substituents is 1. The molecule has 0 aliphatic carbocycles. The number of nitrogens with zero attached hydrogens (tertiary/aromatic N) is 1. The Bertz CT molecular complexity index is 431. The van der Waals surface area contributed by atoms with Crippen molar-refractivity contribution in [2.24, 2.45) is 0 Å². The Balaban J connectivity index is 2.82. The zero-order valence-electron chi connectivity index (χ0n) is 10.6. The number of hydrogen-bond acceptors (Lipinski definition) is 5. The summed E-state index contributed by atoms with van der Waals surface area (Å²) >= 11 is 0. The standard InChI is InChI=1S/C12H19N3O3/c1-3-12(16,4-2)8-14-10-5-9(13)6-11(7-10)15(17)18/h5-7,14,16H,3-4,8,13H2,1-2H3. The summed E-state index contributed by atoms with van der Waals surface area (Å²) in [5.41, 5.74) is 5.59. The summed E-state index contributed by atoms with van der Waals surface area (Å²) in [5.74, 6) is 0. The van der Waals surface area contributed by atoms with Crippen molar-refractivity contribution in [1.29, 1.82) is 0 Å². The van der Waals surface area contributed by atoms with Crippen LogP contribution in [0.4, 0.5) is 17.1 Å². The minimum atomic E-state index is -0.806. The molecule has 0 fully saturated rings. The molecular formula is C12H19N3O3. The van der Waals surface area contributed by atoms with Gasteiger partial charge in [-0.15, -0.1) is 0 Å². The molecule has 18 heavy (non-hydrogen) atoms. The lowest BCUT2D eigenvalue weighted by molar-refractivity contribution is -0.384. The predicted molar refractivity (Wildman–Crippen MR) is 71.5 cm³/mol. The molecular weight excluding hydrogens is 234 g/mol. The van der Waals surface area contributed by atoms with Crippen LogP contribution in [0.5, 0.6) is 0 Å². The summed E-state index contributed by atoms with van der Waals surface area (Å²) in [5, 5.41) is 23.8. The van der Waals surface area contributed by atoms with Gasteiger partial charge in [0.2, 0.25) is 0 Å². The third-order valence-electron chi connectivity index (χ3n) is 3.09. The van der Waals surface area contributed by atoms with Crippen LogP contribution in [-0.2, 0) is 0 Å². The van der Waals surface area contributed by atoms with Crippen molar-refractivity contribution in [3.8, 4) is 0 Å². The number of nitrogen functional groups attached to an aromatic ring is 1. The highest BCUT2D eigenvalue weighted by Crippen LogP contribution is 2.23. The topological polar surface area (TPSA) is 101 Å². The lowest BCUT2D eigenvalue weighted by atomic mass is 9.97. The van der Waals surface area contributed by atoms with Gasteiger partial charge in [-0.1, -0.05) is 13.8 Å². The van der Waals surface area contributed by atoms with Gasteiger partial charge in [-0.3, -0.25) is 10.1 Å². The van der Waals surface area contributed by atoms with Gasteiger partial charge in [-0.25, -0.2) is 0 Å². The first kappa shape index (κ1) is 14.2. The van der Waals surface area contributed by atoms with Crippen molar-refractivity contribution in [1.82, 2.24) is 0 Å². The highest BCUT2D eigenvalue weighted by atomic mass is 16.6. The maximum absolute atomic E-state index is 10.7. The Morgan fingerprint density at radius 3 is 2.50 bits per heavy atom. The largest absolute Gasteiger partial charge is 0.398 e. The smallest absolute Gasteiger partial charge is 0.273 e. The Labute approximate surface area is 106 Å². The molecule has 0 atom stereocenters. The molecule has 0 aliphatic heterocycles. The number of nitrogens with two attached hydrogens (primary N) is 1. The zero-order chi connectivity index (χ0) is 13.8. The van der Waals surface area contributed by atoms with Gasteiger partial charge in [0.25, 0.3) is 5.69 Å². The van der Waals surface area contributed by atoms with Crippen LogP contribution in [0, 0.1) is 10.1 Å². The summed E-state index contributed by atoms with van der Waals surface area (Å²) < 4.78 is 0. The summed E-state index contributed by atoms with van der Waals surface area (Å²) in [7, 11) is 0. The summed E-state index contributed by atoms with van der Waals surface area (Å²) in [6, 6.07) is 4.32. The third-order valence-corrected chi connectivity index (χ3v) is 3.09. The van der Waals surface area contributed by atoms with Gasteiger partial charge >= 0.3 is 0 Å². The van der Waals surface area contributed by atoms with Gasteiger partial charge in [0, 0.05) is 30.1 Å². The maximum atomic E-state index is 10.7. The fraction of sp³-hybridized carbons (Fsp3) is 0.500. The predicted octanol–water partition coefficient (Wildman–Crippen LogP) is 2.14. The number of hydrogen-bond donors (Lipinski definition) is 3. The second kappa shape index (κ2) is 5.68. The van der Waals surface area contributed by atoms with E-state index in [9.17, 15) is 15.2 Å². The molecule has 4 N–H and O–H groups in total. The van der Waals surface area contributed by atoms with Crippen LogP contribution in [0.1, 0.15) is 26.7 Å². The van der Waals surface area contributed by atoms with Crippen LogP contribution in [0.15, 0.2) is 18.2 Å². The summed E-state index contributed by atoms with van der Waals surface area (Å²) in [4.78, 5) is 10.2. The quantitative estimate of drug-likeness (QED) is 0.409. The summed E-state index contributed by atoms with van der Waals surface area (Å²) in [6.07, 6.45) is 1.22. The fourth-order valence-electron chi connectivity index (χ4n) is 1.61. The first-order valence-electron chi connectivity index (χ1n) is 5.91. The van der Waals surface area contributed by atoms with E-state index in [1.165, 1.54) is 12.1 Å². The summed E-state index contributed by atoms with van der Waals surface area (Å²) in [6.45, 7) is 4.13. The molecule has 0 radical (unpaired) electrons. The molecule has 0 aromatic heterocycles. The van der Waals surface area contributed by atoms with Gasteiger partial charge < -0.3 is 16.2 Å². The second-order valence-corrected chi connectivity index (χ2v) is 4.36. The normalized spacial score (nSPS) is 11.3. The number of rotatable bonds is 6. The van der Waals surface area contributed by atoms with Crippen LogP contribution in [0.25, 0.3) is 0 Å². The third kappa shape index (κ3) is 3.59. The monoisotopic (exact) mass is 253 g/mol. The highest BCUT2D eigenvalue weighted by Gasteiger charge is 2.22. The number of nitrogens with one attached hydrogen (secondary N) is 1. The number of nitro groups is 1. The molecule has 0 saturated heterocycles. The molecule has 0 aliphatic rings. The van der Waals surface area contributed by atoms with Crippen LogP contribution in [-0.4, -0.2) is 22.2 Å². The van der Waals surface area contributed by atoms with Crippen LogP contribution in [0.3, 0.4) is 0 Å². The van der Waals surface area contributed by atoms with Gasteiger partial charge in [0.1, 0.15) is 0 Å². The van der Waals surface area contributed by atoms with Crippen molar-refractivity contribution in [3.63, 3.8) is 0 Å². The van der Waals surface area contributed by atoms with E-state index in [0.29, 0.717) is 30.8 Å². The molecule has 0 bridgehead atoms. The molecule has 6 heteroatoms. The van der Waals surface area contributed by atoms with Crippen molar-refractivity contribution < 1.29 is 10.0 Å². The Morgan fingerprint density at radius 1 is 1.39 bits per heavy atom. The lowest BCUT2D eigenvalue weighted by Crippen LogP contribution is -2.35. The minimum Gasteiger partial charge on any atom is -0.398 e. The van der Waals surface area contributed by atoms with Gasteiger partial charge in [-0.05, 0) is 18.9 Å². The van der Waals surface area contributed by atoms with Gasteiger partial charge in [-0.2, -0.15) is 0 Å². The highest BCUT2D eigenvalue weighted by molar-refractivity contribution is 5.61. The maximum Gasteiger partial charge on any atom is 0.273 e. The lowest BCUT2D eigenvalue weighted by Gasteiger charge is -2.25. The molecule has 1 aromatic rings. The van der Waals surface area contributed by atoms with E-state index >= 15 is 0 Å². The molecule has 0 heterocycles. The van der Waals surface area contributed by atoms with Crippen molar-refractivity contribution in [2.45, 2.75) is 32.3 Å². The molecule has 100 valence electrons. The molecule has 1 aromatic carbocycles. The van der Waals surface area contributed by atoms with E-state index < -0.39 is 10.5 Å². The number of anilines is 2. The Kier molecular flexibility index (Phi) is 4.49. The Hall–Kier alpha value is -1.82. The van der Waals surface area contributed by atoms with Gasteiger partial charge in [0.15, 0.2) is 0 Å². The average Bonchev–Trinajstić information content (AvgIpc) is 2.35. The van der Waals surface area contributed by atoms with Crippen molar-refractivity contribution in [2.75, 3.05) is 17.6 Å². The van der Waals surface area contributed by atoms with E-state index in [-0.39, 0.29) is 5.69 Å². The van der Waals surface area contributed by atoms with Crippen LogP contribution >= 0.6 is 0 Å². The average molecular weight is 253 g/mol. The number of benzene rings is 1. The first-order valence-corrected chi connectivity index (χ1v) is 5.91. The SMILES string of the molecule is CCC(O)(CC)CNc1cc(N)cc([N+](=O)[O-])c1. The first-order chi connectivity index (χ1) is 8.40. The number of nitro benzene ring substituents is 1. The van der Waals surface area contributed by atoms with E-state index in [1.807, 2.05) is 13.8 Å². The van der Waals surface area contributed by atoms with Crippen LogP contribution in [0.2, 0.25) is 0 Å². The van der Waals surface area contributed by atoms with Crippen molar-refractivity contribution >= 4 is 17.1 Å². The molecule has 6 nitrogen and oxygen atoms in total. The Morgan fingerprint density at radius 2 is 2.00 bits per heavy atom. The molecule has 1 rings (SSSR count). The number of aliphatic hydroxyl groups is 1. The van der Waals surface area contributed by atoms with Crippen LogP contribution < -0.4 is 11.1 Å². The fourth-order valence-corrected chi connectivity index (χ4v) is 1.61. The molecule has 0 saturated carbocycles. The van der Waals surface area contributed by atoms with Gasteiger partial charge in [0.05, 0.1) is 10.5 Å². The van der Waals surface area contributed by atoms with E-state index in [2.05, 4.69) is 5.32 Å². The van der Waals surface area contributed by atoms with E-state index in [1.54, 1.807) is 6.07 Å². The van der Waals surface area contributed by atoms with E-state index in [4.69, 9.17) is 5.73 Å².